The van der Waals surface area contributed by atoms with E-state index in [1.165, 1.54) is 0 Å². The van der Waals surface area contributed by atoms with E-state index >= 15 is 0 Å². The first-order chi connectivity index (χ1) is 15.0. The number of carbonyl (C=O) groups excluding carboxylic acids is 3. The molecule has 0 atom stereocenters. The molecule has 1 aliphatic heterocycles. The summed E-state index contributed by atoms with van der Waals surface area (Å²) in [7, 11) is 0. The number of carbonyl (C=O) groups is 3. The zero-order valence-electron chi connectivity index (χ0n) is 18.1. The van der Waals surface area contributed by atoms with Gasteiger partial charge in [0.15, 0.2) is 0 Å². The van der Waals surface area contributed by atoms with Crippen molar-refractivity contribution < 1.29 is 14.4 Å². The van der Waals surface area contributed by atoms with Crippen LogP contribution in [-0.4, -0.2) is 42.4 Å². The number of imide groups is 1. The number of urea groups is 1. The van der Waals surface area contributed by atoms with Crippen LogP contribution in [0.4, 0.5) is 16.2 Å². The first-order valence-electron chi connectivity index (χ1n) is 10.5. The standard InChI is InChI=1S/C24H28N4O3/c1-4-18-9-7-8-10-20(18)25-22(29)16-28-23(30)21(26-24(28)31)15-17-11-13-19(14-12-17)27(5-2)6-3/h7-15H,4-6,16H2,1-3H3,(H,25,29)(H,26,31)/b21-15+. The maximum atomic E-state index is 12.7. The van der Waals surface area contributed by atoms with E-state index in [0.29, 0.717) is 5.69 Å². The van der Waals surface area contributed by atoms with Gasteiger partial charge in [0, 0.05) is 24.5 Å². The normalized spacial score (nSPS) is 14.7. The summed E-state index contributed by atoms with van der Waals surface area (Å²) in [6.07, 6.45) is 2.38. The van der Waals surface area contributed by atoms with Gasteiger partial charge in [0.05, 0.1) is 0 Å². The van der Waals surface area contributed by atoms with Crippen molar-refractivity contribution in [2.75, 3.05) is 29.9 Å². The second-order valence-electron chi connectivity index (χ2n) is 7.20. The predicted molar refractivity (Wildman–Crippen MR) is 123 cm³/mol. The highest BCUT2D eigenvalue weighted by molar-refractivity contribution is 6.16. The SMILES string of the molecule is CCc1ccccc1NC(=O)CN1C(=O)N/C(=C/c2ccc(N(CC)CC)cc2)C1=O. The van der Waals surface area contributed by atoms with Crippen molar-refractivity contribution in [2.45, 2.75) is 27.2 Å². The van der Waals surface area contributed by atoms with Gasteiger partial charge in [-0.05, 0) is 55.7 Å². The molecular formula is C24H28N4O3. The Balaban J connectivity index is 1.68. The van der Waals surface area contributed by atoms with E-state index < -0.39 is 17.8 Å². The third-order valence-electron chi connectivity index (χ3n) is 5.27. The molecule has 3 rings (SSSR count). The molecule has 162 valence electrons. The third-order valence-corrected chi connectivity index (χ3v) is 5.27. The Morgan fingerprint density at radius 1 is 1.03 bits per heavy atom. The van der Waals surface area contributed by atoms with Crippen molar-refractivity contribution >= 4 is 35.3 Å². The lowest BCUT2D eigenvalue weighted by Crippen LogP contribution is -2.38. The number of para-hydroxylation sites is 1. The van der Waals surface area contributed by atoms with Gasteiger partial charge in [-0.15, -0.1) is 0 Å². The number of aryl methyl sites for hydroxylation is 1. The van der Waals surface area contributed by atoms with Crippen molar-refractivity contribution in [1.29, 1.82) is 0 Å². The second kappa shape index (κ2) is 9.93. The number of hydrogen-bond donors (Lipinski definition) is 2. The van der Waals surface area contributed by atoms with Gasteiger partial charge in [-0.1, -0.05) is 37.3 Å². The molecule has 0 aromatic heterocycles. The molecule has 2 aromatic carbocycles. The highest BCUT2D eigenvalue weighted by Gasteiger charge is 2.34. The van der Waals surface area contributed by atoms with Crippen LogP contribution in [0.2, 0.25) is 0 Å². The van der Waals surface area contributed by atoms with Crippen LogP contribution in [0.3, 0.4) is 0 Å². The van der Waals surface area contributed by atoms with Gasteiger partial charge in [-0.3, -0.25) is 9.59 Å². The number of hydrogen-bond acceptors (Lipinski definition) is 4. The van der Waals surface area contributed by atoms with Gasteiger partial charge < -0.3 is 15.5 Å². The Morgan fingerprint density at radius 3 is 2.35 bits per heavy atom. The molecule has 1 fully saturated rings. The van der Waals surface area contributed by atoms with E-state index in [2.05, 4.69) is 29.4 Å². The minimum Gasteiger partial charge on any atom is -0.372 e. The van der Waals surface area contributed by atoms with Crippen molar-refractivity contribution in [3.05, 3.63) is 65.4 Å². The molecule has 1 saturated heterocycles. The van der Waals surface area contributed by atoms with Crippen LogP contribution in [0.5, 0.6) is 0 Å². The van der Waals surface area contributed by atoms with Gasteiger partial charge in [0.2, 0.25) is 5.91 Å². The average Bonchev–Trinajstić information content (AvgIpc) is 3.03. The van der Waals surface area contributed by atoms with Gasteiger partial charge in [-0.2, -0.15) is 0 Å². The molecule has 7 heteroatoms. The van der Waals surface area contributed by atoms with Crippen molar-refractivity contribution in [1.82, 2.24) is 10.2 Å². The second-order valence-corrected chi connectivity index (χ2v) is 7.20. The summed E-state index contributed by atoms with van der Waals surface area (Å²) in [5.41, 5.74) is 3.72. The molecule has 1 heterocycles. The Kier molecular flexibility index (Phi) is 7.07. The third kappa shape index (κ3) is 5.12. The van der Waals surface area contributed by atoms with E-state index in [1.54, 1.807) is 12.1 Å². The Labute approximate surface area is 182 Å². The van der Waals surface area contributed by atoms with E-state index in [0.717, 1.165) is 41.2 Å². The maximum absolute atomic E-state index is 12.7. The van der Waals surface area contributed by atoms with Crippen LogP contribution in [-0.2, 0) is 16.0 Å². The monoisotopic (exact) mass is 420 g/mol. The molecule has 31 heavy (non-hydrogen) atoms. The number of rotatable bonds is 8. The number of benzene rings is 2. The average molecular weight is 421 g/mol. The van der Waals surface area contributed by atoms with Gasteiger partial charge in [-0.25, -0.2) is 9.69 Å². The summed E-state index contributed by atoms with van der Waals surface area (Å²) in [6, 6.07) is 14.6. The molecule has 0 aliphatic carbocycles. The smallest absolute Gasteiger partial charge is 0.329 e. The van der Waals surface area contributed by atoms with Crippen molar-refractivity contribution in [2.24, 2.45) is 0 Å². The fourth-order valence-corrected chi connectivity index (χ4v) is 3.54. The van der Waals surface area contributed by atoms with Crippen LogP contribution in [0.1, 0.15) is 31.9 Å². The van der Waals surface area contributed by atoms with Gasteiger partial charge >= 0.3 is 6.03 Å². The topological polar surface area (TPSA) is 81.8 Å². The molecule has 0 bridgehead atoms. The molecular weight excluding hydrogens is 392 g/mol. The highest BCUT2D eigenvalue weighted by Crippen LogP contribution is 2.19. The molecule has 1 aliphatic rings. The lowest BCUT2D eigenvalue weighted by molar-refractivity contribution is -0.127. The summed E-state index contributed by atoms with van der Waals surface area (Å²) < 4.78 is 0. The van der Waals surface area contributed by atoms with E-state index in [9.17, 15) is 14.4 Å². The van der Waals surface area contributed by atoms with E-state index in [1.807, 2.05) is 49.4 Å². The zero-order chi connectivity index (χ0) is 22.4. The number of anilines is 2. The first kappa shape index (κ1) is 22.1. The summed E-state index contributed by atoms with van der Waals surface area (Å²) in [6.45, 7) is 7.65. The largest absolute Gasteiger partial charge is 0.372 e. The fraction of sp³-hybridized carbons (Fsp3) is 0.292. The number of amides is 4. The van der Waals surface area contributed by atoms with Crippen molar-refractivity contribution in [3.63, 3.8) is 0 Å². The van der Waals surface area contributed by atoms with Crippen molar-refractivity contribution in [3.8, 4) is 0 Å². The lowest BCUT2D eigenvalue weighted by atomic mass is 10.1. The Morgan fingerprint density at radius 2 is 1.71 bits per heavy atom. The zero-order valence-corrected chi connectivity index (χ0v) is 18.1. The highest BCUT2D eigenvalue weighted by atomic mass is 16.2. The van der Waals surface area contributed by atoms with E-state index in [4.69, 9.17) is 0 Å². The van der Waals surface area contributed by atoms with E-state index in [-0.39, 0.29) is 12.2 Å². The Hall–Kier alpha value is -3.61. The molecule has 7 nitrogen and oxygen atoms in total. The summed E-state index contributed by atoms with van der Waals surface area (Å²) in [4.78, 5) is 40.5. The maximum Gasteiger partial charge on any atom is 0.329 e. The van der Waals surface area contributed by atoms with Gasteiger partial charge in [0.25, 0.3) is 5.91 Å². The molecule has 0 spiro atoms. The number of nitrogens with one attached hydrogen (secondary N) is 2. The summed E-state index contributed by atoms with van der Waals surface area (Å²) in [5, 5.41) is 5.35. The Bertz CT molecular complexity index is 994. The van der Waals surface area contributed by atoms with Crippen LogP contribution in [0.15, 0.2) is 54.2 Å². The lowest BCUT2D eigenvalue weighted by Gasteiger charge is -2.20. The molecule has 2 aromatic rings. The van der Waals surface area contributed by atoms with Gasteiger partial charge in [0.1, 0.15) is 12.2 Å². The number of nitrogens with zero attached hydrogens (tertiary/aromatic N) is 2. The first-order valence-corrected chi connectivity index (χ1v) is 10.5. The quantitative estimate of drug-likeness (QED) is 0.505. The van der Waals surface area contributed by atoms with Crippen LogP contribution < -0.4 is 15.5 Å². The fourth-order valence-electron chi connectivity index (χ4n) is 3.54. The molecule has 2 N–H and O–H groups in total. The molecule has 0 saturated carbocycles. The molecule has 0 unspecified atom stereocenters. The molecule has 0 radical (unpaired) electrons. The van der Waals surface area contributed by atoms with Crippen LogP contribution >= 0.6 is 0 Å². The summed E-state index contributed by atoms with van der Waals surface area (Å²) >= 11 is 0. The summed E-state index contributed by atoms with van der Waals surface area (Å²) in [5.74, 6) is -0.939. The minimum absolute atomic E-state index is 0.155. The molecule has 4 amide bonds. The predicted octanol–water partition coefficient (Wildman–Crippen LogP) is 3.63. The minimum atomic E-state index is -0.602. The van der Waals surface area contributed by atoms with Crippen LogP contribution in [0.25, 0.3) is 6.08 Å². The van der Waals surface area contributed by atoms with Crippen LogP contribution in [0, 0.1) is 0 Å².